The maximum absolute atomic E-state index is 11.3. The number of carbonyl (C=O) groups is 2. The second kappa shape index (κ2) is 5.90. The van der Waals surface area contributed by atoms with Crippen molar-refractivity contribution in [3.8, 4) is 0 Å². The number of benzene rings is 1. The summed E-state index contributed by atoms with van der Waals surface area (Å²) in [6.07, 6.45) is 1.29. The van der Waals surface area contributed by atoms with Crippen molar-refractivity contribution in [2.75, 3.05) is 5.32 Å². The van der Waals surface area contributed by atoms with E-state index in [0.717, 1.165) is 6.07 Å². The van der Waals surface area contributed by atoms with Gasteiger partial charge in [-0.25, -0.2) is 9.59 Å². The lowest BCUT2D eigenvalue weighted by Gasteiger charge is -2.14. The largest absolute Gasteiger partial charge is 0.478 e. The molecule has 1 aromatic heterocycles. The van der Waals surface area contributed by atoms with Gasteiger partial charge in [0.2, 0.25) is 0 Å². The van der Waals surface area contributed by atoms with Crippen LogP contribution in [0, 0.1) is 0 Å². The van der Waals surface area contributed by atoms with Gasteiger partial charge in [0.15, 0.2) is 5.82 Å². The van der Waals surface area contributed by atoms with E-state index in [1.165, 1.54) is 12.3 Å². The molecule has 0 amide bonds. The van der Waals surface area contributed by atoms with E-state index in [0.29, 0.717) is 0 Å². The number of rotatable bonds is 4. The van der Waals surface area contributed by atoms with E-state index >= 15 is 0 Å². The van der Waals surface area contributed by atoms with Gasteiger partial charge in [-0.3, -0.25) is 0 Å². The van der Waals surface area contributed by atoms with Gasteiger partial charge in [0.25, 0.3) is 0 Å². The van der Waals surface area contributed by atoms with Gasteiger partial charge in [0.1, 0.15) is 11.1 Å². The summed E-state index contributed by atoms with van der Waals surface area (Å²) >= 11 is 11.7. The summed E-state index contributed by atoms with van der Waals surface area (Å²) in [6.45, 7) is 0. The number of aromatic nitrogens is 3. The quantitative estimate of drug-likeness (QED) is 0.780. The molecular weight excluding hydrogens is 323 g/mol. The minimum Gasteiger partial charge on any atom is -0.478 e. The summed E-state index contributed by atoms with van der Waals surface area (Å²) < 4.78 is 0. The number of anilines is 2. The number of halogens is 2. The fourth-order valence-corrected chi connectivity index (χ4v) is 2.22. The fraction of sp³-hybridized carbons (Fsp3) is 0. The van der Waals surface area contributed by atoms with Crippen LogP contribution in [0.1, 0.15) is 20.7 Å². The normalized spacial score (nSPS) is 10.2. The van der Waals surface area contributed by atoms with Crippen molar-refractivity contribution in [1.82, 2.24) is 15.4 Å². The Balaban J connectivity index is 2.70. The number of carboxylic acid groups (broad SMARTS) is 2. The zero-order valence-corrected chi connectivity index (χ0v) is 11.6. The number of nitrogens with zero attached hydrogens (tertiary/aromatic N) is 3. The van der Waals surface area contributed by atoms with E-state index in [2.05, 4.69) is 20.7 Å². The maximum Gasteiger partial charge on any atom is 0.339 e. The number of hydrogen-bond acceptors (Lipinski definition) is 6. The van der Waals surface area contributed by atoms with Crippen LogP contribution in [0.3, 0.4) is 0 Å². The predicted molar refractivity (Wildman–Crippen MR) is 73.5 cm³/mol. The highest BCUT2D eigenvalue weighted by Gasteiger charge is 2.25. The van der Waals surface area contributed by atoms with Gasteiger partial charge in [-0.1, -0.05) is 23.2 Å². The highest BCUT2D eigenvalue weighted by molar-refractivity contribution is 6.39. The fourth-order valence-electron chi connectivity index (χ4n) is 1.60. The molecule has 0 aliphatic rings. The number of aromatic carboxylic acids is 2. The number of carboxylic acids is 2. The molecule has 0 fully saturated rings. The molecule has 108 valence electrons. The first kappa shape index (κ1) is 14.9. The third-order valence-corrected chi connectivity index (χ3v) is 3.01. The van der Waals surface area contributed by atoms with E-state index in [1.807, 2.05) is 0 Å². The first-order chi connectivity index (χ1) is 9.91. The predicted octanol–water partition coefficient (Wildman–Crippen LogP) is 2.32. The van der Waals surface area contributed by atoms with Gasteiger partial charge in [-0.15, -0.1) is 10.2 Å². The molecule has 0 spiro atoms. The van der Waals surface area contributed by atoms with Crippen LogP contribution in [0.25, 0.3) is 0 Å². The second-order valence-electron chi connectivity index (χ2n) is 3.71. The third-order valence-electron chi connectivity index (χ3n) is 2.42. The van der Waals surface area contributed by atoms with E-state index in [9.17, 15) is 19.8 Å². The van der Waals surface area contributed by atoms with Gasteiger partial charge in [0, 0.05) is 6.07 Å². The van der Waals surface area contributed by atoms with Crippen LogP contribution in [0.15, 0.2) is 18.3 Å². The Labute approximate surface area is 127 Å². The standard InChI is InChI=1S/C11H6Cl2N4O4/c12-4-3-5(13)8(11(20)21)9(7(4)10(18)19)15-6-1-2-14-17-16-6/h1-3H,(H,18,19)(H,20,21)(H,14,15,16). The van der Waals surface area contributed by atoms with Crippen LogP contribution in [0.4, 0.5) is 11.5 Å². The molecule has 0 saturated heterocycles. The molecule has 0 saturated carbocycles. The third kappa shape index (κ3) is 3.01. The van der Waals surface area contributed by atoms with Gasteiger partial charge in [-0.2, -0.15) is 0 Å². The summed E-state index contributed by atoms with van der Waals surface area (Å²) in [5.74, 6) is -2.74. The van der Waals surface area contributed by atoms with Crippen molar-refractivity contribution in [3.05, 3.63) is 39.5 Å². The Bertz CT molecular complexity index is 686. The van der Waals surface area contributed by atoms with E-state index in [4.69, 9.17) is 23.2 Å². The lowest BCUT2D eigenvalue weighted by atomic mass is 10.1. The Morgan fingerprint density at radius 1 is 1.10 bits per heavy atom. The summed E-state index contributed by atoms with van der Waals surface area (Å²) in [7, 11) is 0. The van der Waals surface area contributed by atoms with Crippen LogP contribution in [0.2, 0.25) is 10.0 Å². The van der Waals surface area contributed by atoms with E-state index < -0.39 is 23.1 Å². The molecule has 0 aliphatic carbocycles. The molecule has 2 rings (SSSR count). The van der Waals surface area contributed by atoms with Gasteiger partial charge in [-0.05, 0) is 11.3 Å². The molecule has 21 heavy (non-hydrogen) atoms. The van der Waals surface area contributed by atoms with Gasteiger partial charge in [0.05, 0.1) is 21.9 Å². The minimum atomic E-state index is -1.41. The van der Waals surface area contributed by atoms with Crippen LogP contribution in [-0.2, 0) is 0 Å². The van der Waals surface area contributed by atoms with Crippen LogP contribution in [-0.4, -0.2) is 37.6 Å². The molecule has 1 heterocycles. The molecule has 0 aliphatic heterocycles. The van der Waals surface area contributed by atoms with Crippen molar-refractivity contribution in [2.24, 2.45) is 0 Å². The highest BCUT2D eigenvalue weighted by atomic mass is 35.5. The topological polar surface area (TPSA) is 125 Å². The lowest BCUT2D eigenvalue weighted by molar-refractivity contribution is 0.0696. The first-order valence-electron chi connectivity index (χ1n) is 5.31. The molecule has 0 bridgehead atoms. The van der Waals surface area contributed by atoms with E-state index in [1.54, 1.807) is 0 Å². The summed E-state index contributed by atoms with van der Waals surface area (Å²) in [5, 5.41) is 30.9. The smallest absolute Gasteiger partial charge is 0.339 e. The zero-order chi connectivity index (χ0) is 15.6. The summed E-state index contributed by atoms with van der Waals surface area (Å²) in [6, 6.07) is 2.43. The SMILES string of the molecule is O=C(O)c1c(Cl)cc(Cl)c(C(=O)O)c1Nc1ccnnn1. The Morgan fingerprint density at radius 3 is 2.10 bits per heavy atom. The number of hydrogen-bond donors (Lipinski definition) is 3. The molecule has 10 heteroatoms. The molecule has 0 unspecified atom stereocenters. The molecular formula is C11H6Cl2N4O4. The first-order valence-corrected chi connectivity index (χ1v) is 6.07. The Morgan fingerprint density at radius 2 is 1.67 bits per heavy atom. The van der Waals surface area contributed by atoms with Crippen LogP contribution >= 0.6 is 23.2 Å². The molecule has 1 aromatic carbocycles. The lowest BCUT2D eigenvalue weighted by Crippen LogP contribution is -2.12. The molecule has 2 aromatic rings. The summed E-state index contributed by atoms with van der Waals surface area (Å²) in [5.41, 5.74) is -1.15. The Hall–Kier alpha value is -2.45. The molecule has 0 atom stereocenters. The maximum atomic E-state index is 11.3. The van der Waals surface area contributed by atoms with Crippen LogP contribution in [0.5, 0.6) is 0 Å². The van der Waals surface area contributed by atoms with Crippen molar-refractivity contribution < 1.29 is 19.8 Å². The second-order valence-corrected chi connectivity index (χ2v) is 4.52. The van der Waals surface area contributed by atoms with Crippen molar-refractivity contribution in [2.45, 2.75) is 0 Å². The highest BCUT2D eigenvalue weighted by Crippen LogP contribution is 2.35. The number of nitrogens with one attached hydrogen (secondary N) is 1. The minimum absolute atomic E-state index is 0.0910. The molecule has 3 N–H and O–H groups in total. The Kier molecular flexibility index (Phi) is 4.20. The zero-order valence-electron chi connectivity index (χ0n) is 10.0. The average Bonchev–Trinajstić information content (AvgIpc) is 2.38. The summed E-state index contributed by atoms with van der Waals surface area (Å²) in [4.78, 5) is 22.6. The van der Waals surface area contributed by atoms with Crippen LogP contribution < -0.4 is 5.32 Å². The average molecular weight is 329 g/mol. The van der Waals surface area contributed by atoms with E-state index in [-0.39, 0.29) is 21.6 Å². The molecule has 0 radical (unpaired) electrons. The molecule has 8 nitrogen and oxygen atoms in total. The van der Waals surface area contributed by atoms with Crippen molar-refractivity contribution >= 4 is 46.6 Å². The monoisotopic (exact) mass is 328 g/mol. The van der Waals surface area contributed by atoms with Gasteiger partial charge < -0.3 is 15.5 Å². The van der Waals surface area contributed by atoms with Gasteiger partial charge >= 0.3 is 11.9 Å². The van der Waals surface area contributed by atoms with Crippen molar-refractivity contribution in [1.29, 1.82) is 0 Å². The van der Waals surface area contributed by atoms with Crippen molar-refractivity contribution in [3.63, 3.8) is 0 Å².